The third-order valence-electron chi connectivity index (χ3n) is 5.64. The summed E-state index contributed by atoms with van der Waals surface area (Å²) < 4.78 is 24.7. The molecule has 4 rings (SSSR count). The number of nitrogens with zero attached hydrogens (tertiary/aromatic N) is 2. The molecule has 30 heavy (non-hydrogen) atoms. The second kappa shape index (κ2) is 8.73. The highest BCUT2D eigenvalue weighted by atomic mass is 19.1. The van der Waals surface area contributed by atoms with Crippen molar-refractivity contribution in [3.05, 3.63) is 59.9 Å². The van der Waals surface area contributed by atoms with E-state index in [1.807, 2.05) is 24.3 Å². The average molecular weight is 412 g/mol. The summed E-state index contributed by atoms with van der Waals surface area (Å²) in [5.41, 5.74) is 0.466. The molecule has 2 heterocycles. The van der Waals surface area contributed by atoms with Crippen LogP contribution >= 0.6 is 0 Å². The number of fused-ring (bicyclic) bond motifs is 1. The van der Waals surface area contributed by atoms with Crippen molar-refractivity contribution in [2.45, 2.75) is 18.9 Å². The van der Waals surface area contributed by atoms with Crippen molar-refractivity contribution in [2.24, 2.45) is 5.92 Å². The van der Waals surface area contributed by atoms with Crippen LogP contribution in [0, 0.1) is 11.7 Å². The van der Waals surface area contributed by atoms with Crippen LogP contribution < -0.4 is 9.47 Å². The van der Waals surface area contributed by atoms with Crippen molar-refractivity contribution in [1.29, 1.82) is 0 Å². The highest BCUT2D eigenvalue weighted by Gasteiger charge is 2.31. The molecule has 0 radical (unpaired) electrons. The summed E-state index contributed by atoms with van der Waals surface area (Å²) in [4.78, 5) is 28.9. The van der Waals surface area contributed by atoms with E-state index < -0.39 is 0 Å². The fraction of sp³-hybridized carbons (Fsp3) is 0.391. The Hall–Kier alpha value is -3.09. The van der Waals surface area contributed by atoms with Crippen molar-refractivity contribution in [2.75, 3.05) is 33.3 Å². The van der Waals surface area contributed by atoms with Gasteiger partial charge >= 0.3 is 0 Å². The third kappa shape index (κ3) is 4.40. The molecule has 0 unspecified atom stereocenters. The molecule has 2 aromatic carbocycles. The molecule has 0 N–H and O–H groups in total. The molecule has 0 saturated carbocycles. The van der Waals surface area contributed by atoms with Crippen molar-refractivity contribution >= 4 is 11.8 Å². The van der Waals surface area contributed by atoms with Gasteiger partial charge < -0.3 is 19.3 Å². The standard InChI is InChI=1S/C23H25FN2O4/c1-25(14-19-15-29-20-4-2-3-5-21(20)30-19)22(27)17-10-12-26(13-11-17)23(28)16-6-8-18(24)9-7-16/h2-9,17,19H,10-15H2,1H3/t19-/m0/s1. The van der Waals surface area contributed by atoms with Crippen molar-refractivity contribution < 1.29 is 23.5 Å². The molecule has 7 heteroatoms. The molecule has 0 aliphatic carbocycles. The number of likely N-dealkylation sites (N-methyl/N-ethyl adjacent to an activating group) is 1. The lowest BCUT2D eigenvalue weighted by atomic mass is 9.94. The normalized spacial score (nSPS) is 18.7. The number of carbonyl (C=O) groups excluding carboxylic acids is 2. The fourth-order valence-corrected chi connectivity index (χ4v) is 3.96. The maximum absolute atomic E-state index is 13.1. The van der Waals surface area contributed by atoms with Crippen LogP contribution in [0.1, 0.15) is 23.2 Å². The van der Waals surface area contributed by atoms with E-state index in [4.69, 9.17) is 9.47 Å². The molecule has 6 nitrogen and oxygen atoms in total. The first kappa shape index (κ1) is 20.2. The van der Waals surface area contributed by atoms with Crippen LogP contribution in [0.15, 0.2) is 48.5 Å². The van der Waals surface area contributed by atoms with Gasteiger partial charge in [-0.05, 0) is 49.2 Å². The molecule has 158 valence electrons. The van der Waals surface area contributed by atoms with Crippen LogP contribution in [0.4, 0.5) is 4.39 Å². The summed E-state index contributed by atoms with van der Waals surface area (Å²) >= 11 is 0. The van der Waals surface area contributed by atoms with E-state index >= 15 is 0 Å². The van der Waals surface area contributed by atoms with Gasteiger partial charge in [-0.2, -0.15) is 0 Å². The van der Waals surface area contributed by atoms with Gasteiger partial charge in [-0.25, -0.2) is 4.39 Å². The Morgan fingerprint density at radius 2 is 1.73 bits per heavy atom. The van der Waals surface area contributed by atoms with E-state index in [1.54, 1.807) is 16.8 Å². The van der Waals surface area contributed by atoms with E-state index in [-0.39, 0.29) is 29.7 Å². The van der Waals surface area contributed by atoms with E-state index in [9.17, 15) is 14.0 Å². The number of halogens is 1. The summed E-state index contributed by atoms with van der Waals surface area (Å²) in [6.07, 6.45) is 1.01. The topological polar surface area (TPSA) is 59.1 Å². The van der Waals surface area contributed by atoms with Crippen LogP contribution in [0.5, 0.6) is 11.5 Å². The second-order valence-electron chi connectivity index (χ2n) is 7.79. The summed E-state index contributed by atoms with van der Waals surface area (Å²) in [6, 6.07) is 13.1. The Morgan fingerprint density at radius 3 is 2.43 bits per heavy atom. The Labute approximate surface area is 175 Å². The predicted molar refractivity (Wildman–Crippen MR) is 109 cm³/mol. The zero-order chi connectivity index (χ0) is 21.1. The Morgan fingerprint density at radius 1 is 1.07 bits per heavy atom. The number of para-hydroxylation sites is 2. The lowest BCUT2D eigenvalue weighted by molar-refractivity contribution is -0.137. The lowest BCUT2D eigenvalue weighted by Crippen LogP contribution is -2.47. The highest BCUT2D eigenvalue weighted by Crippen LogP contribution is 2.31. The first-order chi connectivity index (χ1) is 14.5. The van der Waals surface area contributed by atoms with E-state index in [2.05, 4.69) is 0 Å². The number of likely N-dealkylation sites (tertiary alicyclic amines) is 1. The summed E-state index contributed by atoms with van der Waals surface area (Å²) in [6.45, 7) is 1.87. The van der Waals surface area contributed by atoms with Gasteiger partial charge in [0.2, 0.25) is 5.91 Å². The minimum absolute atomic E-state index is 0.0614. The molecule has 0 spiro atoms. The van der Waals surface area contributed by atoms with Crippen LogP contribution in [0.2, 0.25) is 0 Å². The molecular weight excluding hydrogens is 387 g/mol. The summed E-state index contributed by atoms with van der Waals surface area (Å²) in [7, 11) is 1.78. The fourth-order valence-electron chi connectivity index (χ4n) is 3.96. The Balaban J connectivity index is 1.28. The number of hydrogen-bond donors (Lipinski definition) is 0. The predicted octanol–water partition coefficient (Wildman–Crippen LogP) is 2.98. The van der Waals surface area contributed by atoms with Gasteiger partial charge in [0.1, 0.15) is 12.4 Å². The number of hydrogen-bond acceptors (Lipinski definition) is 4. The first-order valence-corrected chi connectivity index (χ1v) is 10.2. The Bertz CT molecular complexity index is 910. The molecule has 2 aliphatic rings. The quantitative estimate of drug-likeness (QED) is 0.775. The van der Waals surface area contributed by atoms with Gasteiger partial charge in [0, 0.05) is 31.6 Å². The van der Waals surface area contributed by atoms with Crippen molar-refractivity contribution in [3.63, 3.8) is 0 Å². The average Bonchev–Trinajstić information content (AvgIpc) is 2.78. The van der Waals surface area contributed by atoms with Crippen LogP contribution in [-0.2, 0) is 4.79 Å². The van der Waals surface area contributed by atoms with Gasteiger partial charge in [-0.3, -0.25) is 9.59 Å². The first-order valence-electron chi connectivity index (χ1n) is 10.2. The van der Waals surface area contributed by atoms with Gasteiger partial charge in [0.05, 0.1) is 6.54 Å². The van der Waals surface area contributed by atoms with Gasteiger partial charge in [0.15, 0.2) is 17.6 Å². The maximum atomic E-state index is 13.1. The van der Waals surface area contributed by atoms with E-state index in [1.165, 1.54) is 24.3 Å². The van der Waals surface area contributed by atoms with Crippen molar-refractivity contribution in [1.82, 2.24) is 9.80 Å². The Kier molecular flexibility index (Phi) is 5.88. The molecule has 0 bridgehead atoms. The highest BCUT2D eigenvalue weighted by molar-refractivity contribution is 5.94. The van der Waals surface area contributed by atoms with Crippen LogP contribution in [0.3, 0.4) is 0 Å². The number of benzene rings is 2. The minimum Gasteiger partial charge on any atom is -0.486 e. The third-order valence-corrected chi connectivity index (χ3v) is 5.64. The molecule has 1 atom stereocenters. The lowest BCUT2D eigenvalue weighted by Gasteiger charge is -2.35. The van der Waals surface area contributed by atoms with Gasteiger partial charge in [0.25, 0.3) is 5.91 Å². The smallest absolute Gasteiger partial charge is 0.253 e. The van der Waals surface area contributed by atoms with Crippen LogP contribution in [-0.4, -0.2) is 61.0 Å². The summed E-state index contributed by atoms with van der Waals surface area (Å²) in [5.74, 6) is 0.869. The summed E-state index contributed by atoms with van der Waals surface area (Å²) in [5, 5.41) is 0. The number of rotatable bonds is 4. The second-order valence-corrected chi connectivity index (χ2v) is 7.79. The zero-order valence-corrected chi connectivity index (χ0v) is 16.9. The van der Waals surface area contributed by atoms with E-state index in [0.717, 1.165) is 5.75 Å². The van der Waals surface area contributed by atoms with Gasteiger partial charge in [-0.1, -0.05) is 12.1 Å². The molecule has 2 aromatic rings. The zero-order valence-electron chi connectivity index (χ0n) is 16.9. The molecular formula is C23H25FN2O4. The van der Waals surface area contributed by atoms with E-state index in [0.29, 0.717) is 50.4 Å². The number of carbonyl (C=O) groups is 2. The van der Waals surface area contributed by atoms with Crippen LogP contribution in [0.25, 0.3) is 0 Å². The van der Waals surface area contributed by atoms with Gasteiger partial charge in [-0.15, -0.1) is 0 Å². The molecule has 1 saturated heterocycles. The number of piperidine rings is 1. The van der Waals surface area contributed by atoms with Crippen molar-refractivity contribution in [3.8, 4) is 11.5 Å². The largest absolute Gasteiger partial charge is 0.486 e. The minimum atomic E-state index is -0.366. The maximum Gasteiger partial charge on any atom is 0.253 e. The molecule has 1 fully saturated rings. The molecule has 2 aliphatic heterocycles. The monoisotopic (exact) mass is 412 g/mol. The molecule has 0 aromatic heterocycles. The number of ether oxygens (including phenoxy) is 2. The SMILES string of the molecule is CN(C[C@H]1COc2ccccc2O1)C(=O)C1CCN(C(=O)c2ccc(F)cc2)CC1. The molecule has 2 amide bonds. The number of amides is 2.